The predicted molar refractivity (Wildman–Crippen MR) is 52.2 cm³/mol. The second kappa shape index (κ2) is 3.30. The molecule has 2 aromatic heterocycles. The van der Waals surface area contributed by atoms with Crippen molar-refractivity contribution in [3.05, 3.63) is 35.0 Å². The maximum atomic E-state index is 5.35. The zero-order chi connectivity index (χ0) is 9.26. The van der Waals surface area contributed by atoms with E-state index in [2.05, 4.69) is 25.9 Å². The molecule has 2 aromatic rings. The van der Waals surface area contributed by atoms with E-state index in [9.17, 15) is 0 Å². The Morgan fingerprint density at radius 2 is 2.15 bits per heavy atom. The lowest BCUT2D eigenvalue weighted by molar-refractivity contribution is 0.534. The number of oxazole rings is 1. The topological polar surface area (TPSA) is 38.9 Å². The highest BCUT2D eigenvalue weighted by molar-refractivity contribution is 9.10. The lowest BCUT2D eigenvalue weighted by Crippen LogP contribution is -1.76. The molecule has 0 saturated heterocycles. The van der Waals surface area contributed by atoms with Gasteiger partial charge in [0.15, 0.2) is 11.7 Å². The van der Waals surface area contributed by atoms with Crippen molar-refractivity contribution in [2.45, 2.75) is 6.92 Å². The number of nitrogens with zero attached hydrogens (tertiary/aromatic N) is 2. The van der Waals surface area contributed by atoms with Gasteiger partial charge in [0.2, 0.25) is 0 Å². The fourth-order valence-electron chi connectivity index (χ4n) is 1.04. The van der Waals surface area contributed by atoms with Crippen LogP contribution >= 0.6 is 15.9 Å². The summed E-state index contributed by atoms with van der Waals surface area (Å²) in [6.45, 7) is 1.81. The molecule has 0 amide bonds. The van der Waals surface area contributed by atoms with Gasteiger partial charge in [0.1, 0.15) is 0 Å². The Kier molecular flexibility index (Phi) is 2.14. The molecule has 0 spiro atoms. The molecule has 0 aliphatic rings. The highest BCUT2D eigenvalue weighted by atomic mass is 79.9. The molecule has 4 heteroatoms. The fraction of sp³-hybridized carbons (Fsp3) is 0.111. The lowest BCUT2D eigenvalue weighted by Gasteiger charge is -1.94. The van der Waals surface area contributed by atoms with E-state index in [0.29, 0.717) is 5.89 Å². The molecule has 2 rings (SSSR count). The third-order valence-corrected chi connectivity index (χ3v) is 2.04. The second-order valence-electron chi connectivity index (χ2n) is 2.64. The number of hydrogen-bond acceptors (Lipinski definition) is 3. The Bertz CT molecular complexity index is 425. The standard InChI is InChI=1S/C9H7BrN2O/c1-6-12-5-9(13-6)7-2-8(10)4-11-3-7/h2-5H,1H3. The maximum absolute atomic E-state index is 5.35. The summed E-state index contributed by atoms with van der Waals surface area (Å²) in [5, 5.41) is 0. The van der Waals surface area contributed by atoms with Crippen molar-refractivity contribution in [2.24, 2.45) is 0 Å². The van der Waals surface area contributed by atoms with Crippen LogP contribution in [0, 0.1) is 6.92 Å². The van der Waals surface area contributed by atoms with E-state index in [1.807, 2.05) is 13.0 Å². The van der Waals surface area contributed by atoms with Crippen LogP contribution in [0.1, 0.15) is 5.89 Å². The molecule has 0 aromatic carbocycles. The summed E-state index contributed by atoms with van der Waals surface area (Å²) < 4.78 is 6.28. The molecule has 0 fully saturated rings. The average molecular weight is 239 g/mol. The molecule has 13 heavy (non-hydrogen) atoms. The molecule has 0 atom stereocenters. The van der Waals surface area contributed by atoms with Crippen molar-refractivity contribution in [2.75, 3.05) is 0 Å². The average Bonchev–Trinajstić information content (AvgIpc) is 2.52. The number of pyridine rings is 1. The molecule has 0 bridgehead atoms. The molecular formula is C9H7BrN2O. The van der Waals surface area contributed by atoms with E-state index in [1.54, 1.807) is 18.6 Å². The van der Waals surface area contributed by atoms with E-state index in [4.69, 9.17) is 4.42 Å². The van der Waals surface area contributed by atoms with Crippen LogP contribution in [0.15, 0.2) is 33.5 Å². The van der Waals surface area contributed by atoms with Gasteiger partial charge in [-0.3, -0.25) is 4.98 Å². The molecule has 0 unspecified atom stereocenters. The molecular weight excluding hydrogens is 232 g/mol. The Morgan fingerprint density at radius 1 is 1.31 bits per heavy atom. The van der Waals surface area contributed by atoms with E-state index in [0.717, 1.165) is 15.8 Å². The molecule has 3 nitrogen and oxygen atoms in total. The first-order valence-electron chi connectivity index (χ1n) is 3.79. The molecule has 0 aliphatic heterocycles. The van der Waals surface area contributed by atoms with E-state index >= 15 is 0 Å². The monoisotopic (exact) mass is 238 g/mol. The van der Waals surface area contributed by atoms with Gasteiger partial charge in [0.25, 0.3) is 0 Å². The molecule has 0 N–H and O–H groups in total. The number of halogens is 1. The number of rotatable bonds is 1. The third-order valence-electron chi connectivity index (χ3n) is 1.61. The van der Waals surface area contributed by atoms with Crippen LogP contribution in [0.5, 0.6) is 0 Å². The van der Waals surface area contributed by atoms with Gasteiger partial charge in [0.05, 0.1) is 6.20 Å². The van der Waals surface area contributed by atoms with Gasteiger partial charge in [-0.25, -0.2) is 4.98 Å². The number of aromatic nitrogens is 2. The van der Waals surface area contributed by atoms with Gasteiger partial charge in [-0.15, -0.1) is 0 Å². The third kappa shape index (κ3) is 1.78. The first-order valence-corrected chi connectivity index (χ1v) is 4.58. The van der Waals surface area contributed by atoms with Crippen LogP contribution in [-0.4, -0.2) is 9.97 Å². The summed E-state index contributed by atoms with van der Waals surface area (Å²) in [5.74, 6) is 1.40. The van der Waals surface area contributed by atoms with Gasteiger partial charge < -0.3 is 4.42 Å². The second-order valence-corrected chi connectivity index (χ2v) is 3.55. The Hall–Kier alpha value is -1.16. The Balaban J connectivity index is 2.46. The SMILES string of the molecule is Cc1ncc(-c2cncc(Br)c2)o1. The summed E-state index contributed by atoms with van der Waals surface area (Å²) in [4.78, 5) is 8.05. The normalized spacial score (nSPS) is 10.3. The van der Waals surface area contributed by atoms with Crippen molar-refractivity contribution < 1.29 is 4.42 Å². The van der Waals surface area contributed by atoms with Crippen molar-refractivity contribution in [1.29, 1.82) is 0 Å². The summed E-state index contributed by atoms with van der Waals surface area (Å²) in [7, 11) is 0. The quantitative estimate of drug-likeness (QED) is 0.767. The van der Waals surface area contributed by atoms with Gasteiger partial charge in [0, 0.05) is 29.4 Å². The molecule has 0 radical (unpaired) electrons. The van der Waals surface area contributed by atoms with Crippen LogP contribution in [0.4, 0.5) is 0 Å². The van der Waals surface area contributed by atoms with Crippen LogP contribution < -0.4 is 0 Å². The van der Waals surface area contributed by atoms with Crippen LogP contribution in [0.25, 0.3) is 11.3 Å². The van der Waals surface area contributed by atoms with Crippen molar-refractivity contribution in [3.63, 3.8) is 0 Å². The van der Waals surface area contributed by atoms with E-state index < -0.39 is 0 Å². The zero-order valence-corrected chi connectivity index (χ0v) is 8.58. The zero-order valence-electron chi connectivity index (χ0n) is 6.99. The number of aryl methyl sites for hydroxylation is 1. The minimum absolute atomic E-state index is 0.662. The van der Waals surface area contributed by atoms with Crippen molar-refractivity contribution in [3.8, 4) is 11.3 Å². The van der Waals surface area contributed by atoms with Crippen LogP contribution in [-0.2, 0) is 0 Å². The van der Waals surface area contributed by atoms with Gasteiger partial charge >= 0.3 is 0 Å². The summed E-state index contributed by atoms with van der Waals surface area (Å²) in [5.41, 5.74) is 0.926. The lowest BCUT2D eigenvalue weighted by atomic mass is 10.2. The smallest absolute Gasteiger partial charge is 0.191 e. The van der Waals surface area contributed by atoms with E-state index in [-0.39, 0.29) is 0 Å². The van der Waals surface area contributed by atoms with Gasteiger partial charge in [-0.05, 0) is 22.0 Å². The summed E-state index contributed by atoms with van der Waals surface area (Å²) in [6, 6.07) is 1.94. The highest BCUT2D eigenvalue weighted by Crippen LogP contribution is 2.21. The first kappa shape index (κ1) is 8.44. The van der Waals surface area contributed by atoms with Gasteiger partial charge in [-0.2, -0.15) is 0 Å². The van der Waals surface area contributed by atoms with Crippen molar-refractivity contribution in [1.82, 2.24) is 9.97 Å². The van der Waals surface area contributed by atoms with Crippen molar-refractivity contribution >= 4 is 15.9 Å². The predicted octanol–water partition coefficient (Wildman–Crippen LogP) is 2.81. The first-order chi connectivity index (χ1) is 6.25. The molecule has 0 saturated carbocycles. The minimum atomic E-state index is 0.662. The van der Waals surface area contributed by atoms with Crippen LogP contribution in [0.2, 0.25) is 0 Å². The Morgan fingerprint density at radius 3 is 2.77 bits per heavy atom. The number of hydrogen-bond donors (Lipinski definition) is 0. The molecule has 66 valence electrons. The Labute approximate surface area is 84.0 Å². The largest absolute Gasteiger partial charge is 0.441 e. The van der Waals surface area contributed by atoms with Crippen LogP contribution in [0.3, 0.4) is 0 Å². The summed E-state index contributed by atoms with van der Waals surface area (Å²) >= 11 is 3.34. The fourth-order valence-corrected chi connectivity index (χ4v) is 1.41. The molecule has 0 aliphatic carbocycles. The maximum Gasteiger partial charge on any atom is 0.191 e. The van der Waals surface area contributed by atoms with E-state index in [1.165, 1.54) is 0 Å². The van der Waals surface area contributed by atoms with Gasteiger partial charge in [-0.1, -0.05) is 0 Å². The minimum Gasteiger partial charge on any atom is -0.441 e. The summed E-state index contributed by atoms with van der Waals surface area (Å²) in [6.07, 6.45) is 5.16. The molecule has 2 heterocycles. The highest BCUT2D eigenvalue weighted by Gasteiger charge is 2.03.